The van der Waals surface area contributed by atoms with Crippen LogP contribution in [0.15, 0.2) is 121 Å². The second kappa shape index (κ2) is 30.3. The van der Waals surface area contributed by atoms with E-state index in [1.54, 1.807) is 0 Å². The summed E-state index contributed by atoms with van der Waals surface area (Å²) in [5, 5.41) is 34.5. The first-order valence-corrected chi connectivity index (χ1v) is 23.3. The van der Waals surface area contributed by atoms with Crippen LogP contribution in [-0.4, -0.2) is 50.2 Å². The molecule has 2 radical (unpaired) electrons. The van der Waals surface area contributed by atoms with Crippen LogP contribution in [0.2, 0.25) is 0 Å². The van der Waals surface area contributed by atoms with Crippen LogP contribution in [0.4, 0.5) is 0 Å². The maximum absolute atomic E-state index is 8.25. The molecule has 274 valence electrons. The van der Waals surface area contributed by atoms with E-state index in [1.807, 2.05) is 72.8 Å². The third-order valence-electron chi connectivity index (χ3n) is 5.00. The van der Waals surface area contributed by atoms with Crippen molar-refractivity contribution in [2.45, 2.75) is 0 Å². The van der Waals surface area contributed by atoms with Gasteiger partial charge in [-0.1, -0.05) is 72.8 Å². The molecule has 0 spiro atoms. The first kappa shape index (κ1) is 53.3. The van der Waals surface area contributed by atoms with E-state index in [0.717, 1.165) is 0 Å². The number of hydrogen-bond donors (Lipinski definition) is 0. The minimum atomic E-state index is -1.75. The number of nitrogens with zero attached hydrogens (tertiary/aromatic N) is 2. The Labute approximate surface area is 323 Å². The Morgan fingerprint density at radius 1 is 0.417 bits per heavy atom. The SMILES string of the molecule is CP(C)C.CP(C)C.O=[N+]([O-])[O-].O=[N+]([O-])[O-].[Au].[Au].[CH2-][P+]([CH2-])(c1ccccc1)c1ccccc1.[CH2-][P+]([CH2-])(c1ccccc1)c1ccccc1. The molecule has 0 heterocycles. The summed E-state index contributed by atoms with van der Waals surface area (Å²) in [4.78, 5) is 16.5. The van der Waals surface area contributed by atoms with Gasteiger partial charge in [0, 0.05) is 66.0 Å². The van der Waals surface area contributed by atoms with Crippen molar-refractivity contribution in [2.24, 2.45) is 0 Å². The van der Waals surface area contributed by atoms with Gasteiger partial charge in [0.1, 0.15) is 0 Å². The Morgan fingerprint density at radius 3 is 0.625 bits per heavy atom. The third-order valence-corrected chi connectivity index (χ3v) is 10.1. The Kier molecular flexibility index (Phi) is 33.6. The average Bonchev–Trinajstić information content (AvgIpc) is 2.98. The summed E-state index contributed by atoms with van der Waals surface area (Å²) in [5.41, 5.74) is 0. The van der Waals surface area contributed by atoms with E-state index in [9.17, 15) is 0 Å². The summed E-state index contributed by atoms with van der Waals surface area (Å²) in [6, 6.07) is 41.3. The van der Waals surface area contributed by atoms with Crippen LogP contribution in [0.3, 0.4) is 0 Å². The van der Waals surface area contributed by atoms with Crippen molar-refractivity contribution in [3.63, 3.8) is 0 Å². The molecule has 4 aromatic rings. The van der Waals surface area contributed by atoms with E-state index >= 15 is 0 Å². The molecule has 8 nitrogen and oxygen atoms in total. The van der Waals surface area contributed by atoms with Crippen molar-refractivity contribution in [1.29, 1.82) is 0 Å². The van der Waals surface area contributed by atoms with Crippen molar-refractivity contribution in [3.8, 4) is 0 Å². The summed E-state index contributed by atoms with van der Waals surface area (Å²) in [5.74, 6) is 0. The van der Waals surface area contributed by atoms with Crippen LogP contribution in [0.1, 0.15) is 0 Å². The van der Waals surface area contributed by atoms with Gasteiger partial charge < -0.3 is 30.6 Å². The molecule has 0 aliphatic carbocycles. The van der Waals surface area contributed by atoms with E-state index in [-0.39, 0.29) is 44.8 Å². The van der Waals surface area contributed by atoms with Gasteiger partial charge in [0.25, 0.3) is 0 Å². The van der Waals surface area contributed by atoms with Crippen molar-refractivity contribution in [1.82, 2.24) is 0 Å². The summed E-state index contributed by atoms with van der Waals surface area (Å²) in [6.45, 7) is 30.6. The summed E-state index contributed by atoms with van der Waals surface area (Å²) in [6.07, 6.45) is 0. The van der Waals surface area contributed by atoms with Gasteiger partial charge in [0.05, 0.1) is 10.2 Å². The zero-order valence-corrected chi connectivity index (χ0v) is 36.0. The quantitative estimate of drug-likeness (QED) is 0.0661. The molecule has 0 aliphatic rings. The zero-order valence-electron chi connectivity index (χ0n) is 28.1. The molecule has 0 saturated carbocycles. The second-order valence-corrected chi connectivity index (χ2v) is 21.7. The van der Waals surface area contributed by atoms with Crippen molar-refractivity contribution in [2.75, 3.05) is 40.0 Å². The van der Waals surface area contributed by atoms with E-state index < -0.39 is 24.7 Å². The fourth-order valence-corrected chi connectivity index (χ4v) is 6.72. The monoisotopic (exact) mass is 1100 g/mol. The predicted molar refractivity (Wildman–Crippen MR) is 210 cm³/mol. The fraction of sp³-hybridized carbons (Fsp3) is 0.176. The molecule has 0 unspecified atom stereocenters. The van der Waals surface area contributed by atoms with Crippen LogP contribution in [0.5, 0.6) is 0 Å². The van der Waals surface area contributed by atoms with Crippen molar-refractivity contribution >= 4 is 51.6 Å². The molecule has 0 aromatic heterocycles. The first-order valence-electron chi connectivity index (χ1n) is 13.6. The van der Waals surface area contributed by atoms with Crippen LogP contribution in [0.25, 0.3) is 0 Å². The van der Waals surface area contributed by atoms with Gasteiger partial charge in [0.15, 0.2) is 0 Å². The minimum Gasteiger partial charge on any atom is -0.356 e. The van der Waals surface area contributed by atoms with Crippen LogP contribution < -0.4 is 21.2 Å². The average molecular weight is 1100 g/mol. The van der Waals surface area contributed by atoms with E-state index in [1.165, 1.54) is 21.2 Å². The molecule has 0 aliphatic heterocycles. The maximum atomic E-state index is 8.25. The molecule has 0 bridgehead atoms. The van der Waals surface area contributed by atoms with Gasteiger partial charge in [-0.3, -0.25) is 0 Å². The number of benzene rings is 4. The molecule has 4 rings (SSSR count). The van der Waals surface area contributed by atoms with Crippen LogP contribution in [0, 0.1) is 57.3 Å². The normalized spacial score (nSPS) is 9.58. The van der Waals surface area contributed by atoms with Crippen molar-refractivity contribution in [3.05, 3.63) is 179 Å². The summed E-state index contributed by atoms with van der Waals surface area (Å²) >= 11 is 0. The minimum absolute atomic E-state index is 0. The summed E-state index contributed by atoms with van der Waals surface area (Å²) in [7, 11) is -2.54. The molecule has 48 heavy (non-hydrogen) atoms. The van der Waals surface area contributed by atoms with Gasteiger partial charge >= 0.3 is 0 Å². The smallest absolute Gasteiger partial charge is 0.0689 e. The van der Waals surface area contributed by atoms with Gasteiger partial charge in [-0.15, -0.1) is 15.8 Å². The molecule has 0 N–H and O–H groups in total. The predicted octanol–water partition coefficient (Wildman–Crippen LogP) is 8.71. The first-order chi connectivity index (χ1) is 21.3. The second-order valence-electron chi connectivity index (χ2n) is 10.4. The Balaban J connectivity index is -0.000000273. The number of rotatable bonds is 4. The molecular formula is C34H46Au2N2O6P4-4. The number of hydrogen-bond acceptors (Lipinski definition) is 6. The fourth-order valence-electron chi connectivity index (χ4n) is 3.15. The van der Waals surface area contributed by atoms with Gasteiger partial charge in [-0.25, -0.2) is 0 Å². The molecule has 0 amide bonds. The molecule has 0 atom stereocenters. The molecule has 14 heteroatoms. The van der Waals surface area contributed by atoms with Gasteiger partial charge in [-0.2, -0.15) is 41.2 Å². The Bertz CT molecular complexity index is 1140. The van der Waals surface area contributed by atoms with E-state index in [2.05, 4.69) is 115 Å². The standard InChI is InChI=1S/2C14H14P.2C3H9P.2Au.2NO3/c2*1-15(2,13-9-5-3-6-10-13)14-11-7-4-8-12-14;2*1-4(2)3;;;2*2-1(3)4/h2*3-12H,1-2H2;2*1-3H3;;;;/q2*-1;;;;;2*-1. The van der Waals surface area contributed by atoms with Crippen LogP contribution >= 0.6 is 30.4 Å². The molecule has 0 fully saturated rings. The topological polar surface area (TPSA) is 132 Å². The Morgan fingerprint density at radius 2 is 0.521 bits per heavy atom. The van der Waals surface area contributed by atoms with Crippen molar-refractivity contribution < 1.29 is 54.9 Å². The molecular weight excluding hydrogens is 1050 g/mol. The van der Waals surface area contributed by atoms with Gasteiger partial charge in [-0.05, 0) is 88.5 Å². The van der Waals surface area contributed by atoms with Gasteiger partial charge in [0.2, 0.25) is 0 Å². The third kappa shape index (κ3) is 28.3. The van der Waals surface area contributed by atoms with E-state index in [0.29, 0.717) is 15.8 Å². The largest absolute Gasteiger partial charge is 0.356 e. The molecule has 4 aromatic carbocycles. The van der Waals surface area contributed by atoms with E-state index in [4.69, 9.17) is 30.6 Å². The maximum Gasteiger partial charge on any atom is 0.0689 e. The zero-order chi connectivity index (χ0) is 35.8. The molecule has 0 saturated heterocycles. The van der Waals surface area contributed by atoms with Crippen LogP contribution in [-0.2, 0) is 44.8 Å². The Hall–Kier alpha value is -1.52. The summed E-state index contributed by atoms with van der Waals surface area (Å²) < 4.78 is 0.